The molecule has 0 aliphatic carbocycles. The number of rotatable bonds is 5. The standard InChI is InChI=1S/C14H18N2O5/c1-3-16(11-8-21-7-10(11)14(18)19)13(17)9-5-4-6-15-12(9)20-2/h4-6,10-11H,3,7-8H2,1-2H3,(H,18,19). The normalized spacial score (nSPS) is 21.0. The van der Waals surface area contributed by atoms with Crippen LogP contribution in [0.1, 0.15) is 17.3 Å². The van der Waals surface area contributed by atoms with Crippen molar-refractivity contribution < 1.29 is 24.2 Å². The summed E-state index contributed by atoms with van der Waals surface area (Å²) in [5, 5.41) is 9.23. The van der Waals surface area contributed by atoms with E-state index in [0.717, 1.165) is 0 Å². The Morgan fingerprint density at radius 2 is 2.29 bits per heavy atom. The smallest absolute Gasteiger partial charge is 0.311 e. The van der Waals surface area contributed by atoms with Gasteiger partial charge in [-0.2, -0.15) is 0 Å². The molecule has 1 aromatic rings. The average molecular weight is 294 g/mol. The predicted molar refractivity (Wildman–Crippen MR) is 73.2 cm³/mol. The molecule has 1 amide bonds. The van der Waals surface area contributed by atoms with E-state index >= 15 is 0 Å². The molecule has 1 fully saturated rings. The summed E-state index contributed by atoms with van der Waals surface area (Å²) in [5.41, 5.74) is 0.317. The number of pyridine rings is 1. The second-order valence-electron chi connectivity index (χ2n) is 4.70. The van der Waals surface area contributed by atoms with Crippen LogP contribution in [0.25, 0.3) is 0 Å². The highest BCUT2D eigenvalue weighted by molar-refractivity contribution is 5.96. The lowest BCUT2D eigenvalue weighted by molar-refractivity contribution is -0.142. The summed E-state index contributed by atoms with van der Waals surface area (Å²) in [6.45, 7) is 2.53. The van der Waals surface area contributed by atoms with Crippen molar-refractivity contribution in [2.45, 2.75) is 13.0 Å². The Bertz CT molecular complexity index is 534. The van der Waals surface area contributed by atoms with Crippen molar-refractivity contribution in [3.63, 3.8) is 0 Å². The monoisotopic (exact) mass is 294 g/mol. The fourth-order valence-corrected chi connectivity index (χ4v) is 2.49. The van der Waals surface area contributed by atoms with Crippen LogP contribution in [0, 0.1) is 5.92 Å². The summed E-state index contributed by atoms with van der Waals surface area (Å²) in [7, 11) is 1.44. The number of carbonyl (C=O) groups is 2. The number of carboxylic acid groups (broad SMARTS) is 1. The van der Waals surface area contributed by atoms with Crippen molar-refractivity contribution in [1.29, 1.82) is 0 Å². The van der Waals surface area contributed by atoms with Gasteiger partial charge in [-0.25, -0.2) is 4.98 Å². The zero-order valence-corrected chi connectivity index (χ0v) is 12.0. The molecule has 1 aromatic heterocycles. The number of nitrogens with zero attached hydrogens (tertiary/aromatic N) is 2. The first-order valence-electron chi connectivity index (χ1n) is 6.70. The van der Waals surface area contributed by atoms with Gasteiger partial charge in [0.1, 0.15) is 11.5 Å². The van der Waals surface area contributed by atoms with Crippen molar-refractivity contribution in [2.75, 3.05) is 26.9 Å². The summed E-state index contributed by atoms with van der Waals surface area (Å²) in [5.74, 6) is -1.74. The van der Waals surface area contributed by atoms with Gasteiger partial charge in [0.05, 0.1) is 26.4 Å². The molecule has 2 heterocycles. The Morgan fingerprint density at radius 3 is 2.90 bits per heavy atom. The molecular weight excluding hydrogens is 276 g/mol. The van der Waals surface area contributed by atoms with Gasteiger partial charge in [0.15, 0.2) is 0 Å². The highest BCUT2D eigenvalue weighted by Crippen LogP contribution is 2.24. The Hall–Kier alpha value is -2.15. The van der Waals surface area contributed by atoms with Crippen molar-refractivity contribution in [2.24, 2.45) is 5.92 Å². The lowest BCUT2D eigenvalue weighted by Gasteiger charge is -2.29. The average Bonchev–Trinajstić information content (AvgIpc) is 2.97. The van der Waals surface area contributed by atoms with Crippen LogP contribution >= 0.6 is 0 Å². The highest BCUT2D eigenvalue weighted by Gasteiger charge is 2.40. The Balaban J connectivity index is 2.28. The van der Waals surface area contributed by atoms with Crippen LogP contribution in [0.4, 0.5) is 0 Å². The van der Waals surface area contributed by atoms with Crippen LogP contribution in [0.3, 0.4) is 0 Å². The number of hydrogen-bond donors (Lipinski definition) is 1. The highest BCUT2D eigenvalue weighted by atomic mass is 16.5. The predicted octanol–water partition coefficient (Wildman–Crippen LogP) is 0.652. The van der Waals surface area contributed by atoms with Gasteiger partial charge in [-0.15, -0.1) is 0 Å². The van der Waals surface area contributed by atoms with Gasteiger partial charge in [-0.05, 0) is 19.1 Å². The molecule has 1 saturated heterocycles. The molecule has 114 valence electrons. The van der Waals surface area contributed by atoms with Crippen LogP contribution in [0.2, 0.25) is 0 Å². The molecule has 1 aliphatic rings. The number of likely N-dealkylation sites (N-methyl/N-ethyl adjacent to an activating group) is 1. The minimum Gasteiger partial charge on any atom is -0.481 e. The number of methoxy groups -OCH3 is 1. The first-order valence-corrected chi connectivity index (χ1v) is 6.70. The maximum Gasteiger partial charge on any atom is 0.311 e. The van der Waals surface area contributed by atoms with Crippen molar-refractivity contribution in [3.05, 3.63) is 23.9 Å². The molecule has 7 nitrogen and oxygen atoms in total. The zero-order chi connectivity index (χ0) is 15.4. The Morgan fingerprint density at radius 1 is 1.52 bits per heavy atom. The maximum atomic E-state index is 12.7. The third kappa shape index (κ3) is 2.97. The largest absolute Gasteiger partial charge is 0.481 e. The molecule has 7 heteroatoms. The molecule has 1 N–H and O–H groups in total. The van der Waals surface area contributed by atoms with E-state index in [1.165, 1.54) is 18.2 Å². The second-order valence-corrected chi connectivity index (χ2v) is 4.70. The molecule has 0 radical (unpaired) electrons. The molecule has 0 spiro atoms. The topological polar surface area (TPSA) is 89.0 Å². The van der Waals surface area contributed by atoms with E-state index in [-0.39, 0.29) is 25.0 Å². The van der Waals surface area contributed by atoms with E-state index < -0.39 is 17.9 Å². The lowest BCUT2D eigenvalue weighted by atomic mass is 10.0. The van der Waals surface area contributed by atoms with Crippen LogP contribution in [0.15, 0.2) is 18.3 Å². The van der Waals surface area contributed by atoms with Crippen molar-refractivity contribution >= 4 is 11.9 Å². The van der Waals surface area contributed by atoms with Crippen LogP contribution < -0.4 is 4.74 Å². The van der Waals surface area contributed by atoms with E-state index in [1.807, 2.05) is 0 Å². The number of ether oxygens (including phenoxy) is 2. The number of aliphatic carboxylic acids is 1. The van der Waals surface area contributed by atoms with Gasteiger partial charge in [-0.3, -0.25) is 9.59 Å². The van der Waals surface area contributed by atoms with Crippen molar-refractivity contribution in [3.8, 4) is 5.88 Å². The third-order valence-corrected chi connectivity index (χ3v) is 3.56. The number of carboxylic acids is 1. The van der Waals surface area contributed by atoms with E-state index in [1.54, 1.807) is 19.1 Å². The van der Waals surface area contributed by atoms with Crippen LogP contribution in [0.5, 0.6) is 5.88 Å². The summed E-state index contributed by atoms with van der Waals surface area (Å²) in [6, 6.07) is 2.77. The Labute approximate surface area is 122 Å². The minimum atomic E-state index is -0.957. The third-order valence-electron chi connectivity index (χ3n) is 3.56. The summed E-state index contributed by atoms with van der Waals surface area (Å²) >= 11 is 0. The van der Waals surface area contributed by atoms with E-state index in [4.69, 9.17) is 9.47 Å². The molecule has 2 unspecified atom stereocenters. The van der Waals surface area contributed by atoms with E-state index in [0.29, 0.717) is 12.1 Å². The molecule has 0 saturated carbocycles. The number of amides is 1. The van der Waals surface area contributed by atoms with E-state index in [9.17, 15) is 14.7 Å². The molecule has 2 atom stereocenters. The maximum absolute atomic E-state index is 12.7. The molecule has 0 bridgehead atoms. The lowest BCUT2D eigenvalue weighted by Crippen LogP contribution is -2.46. The first kappa shape index (κ1) is 15.2. The SMILES string of the molecule is CCN(C(=O)c1cccnc1OC)C1COCC1C(=O)O. The van der Waals surface area contributed by atoms with Gasteiger partial charge in [0, 0.05) is 12.7 Å². The summed E-state index contributed by atoms with van der Waals surface area (Å²) < 4.78 is 10.3. The Kier molecular flexibility index (Phi) is 4.74. The van der Waals surface area contributed by atoms with Gasteiger partial charge in [0.2, 0.25) is 5.88 Å². The van der Waals surface area contributed by atoms with Gasteiger partial charge >= 0.3 is 5.97 Å². The second kappa shape index (κ2) is 6.53. The number of carbonyl (C=O) groups excluding carboxylic acids is 1. The fraction of sp³-hybridized carbons (Fsp3) is 0.500. The zero-order valence-electron chi connectivity index (χ0n) is 12.0. The van der Waals surface area contributed by atoms with Crippen LogP contribution in [-0.4, -0.2) is 59.8 Å². The number of aromatic nitrogens is 1. The molecule has 0 aromatic carbocycles. The molecular formula is C14H18N2O5. The summed E-state index contributed by atoms with van der Waals surface area (Å²) in [4.78, 5) is 29.4. The summed E-state index contributed by atoms with van der Waals surface area (Å²) in [6.07, 6.45) is 1.53. The van der Waals surface area contributed by atoms with E-state index in [2.05, 4.69) is 4.98 Å². The molecule has 2 rings (SSSR count). The minimum absolute atomic E-state index is 0.119. The van der Waals surface area contributed by atoms with Gasteiger partial charge in [-0.1, -0.05) is 0 Å². The molecule has 21 heavy (non-hydrogen) atoms. The quantitative estimate of drug-likeness (QED) is 0.858. The number of hydrogen-bond acceptors (Lipinski definition) is 5. The first-order chi connectivity index (χ1) is 10.1. The van der Waals surface area contributed by atoms with Crippen molar-refractivity contribution in [1.82, 2.24) is 9.88 Å². The molecule has 1 aliphatic heterocycles. The van der Waals surface area contributed by atoms with Crippen LogP contribution in [-0.2, 0) is 9.53 Å². The van der Waals surface area contributed by atoms with Gasteiger partial charge in [0.25, 0.3) is 5.91 Å². The fourth-order valence-electron chi connectivity index (χ4n) is 2.49. The van der Waals surface area contributed by atoms with Gasteiger partial charge < -0.3 is 19.5 Å².